The number of hydrogen-bond acceptors (Lipinski definition) is 5. The highest BCUT2D eigenvalue weighted by Crippen LogP contribution is 2.15. The number of anilines is 1. The van der Waals surface area contributed by atoms with Gasteiger partial charge in [-0.25, -0.2) is 21.2 Å². The molecule has 1 aromatic carbocycles. The van der Waals surface area contributed by atoms with E-state index >= 15 is 0 Å². The number of halogens is 1. The van der Waals surface area contributed by atoms with Gasteiger partial charge in [-0.2, -0.15) is 0 Å². The van der Waals surface area contributed by atoms with Crippen LogP contribution in [-0.4, -0.2) is 34.6 Å². The third-order valence-electron chi connectivity index (χ3n) is 2.26. The van der Waals surface area contributed by atoms with E-state index in [1.165, 1.54) is 12.1 Å². The van der Waals surface area contributed by atoms with Gasteiger partial charge >= 0.3 is 0 Å². The van der Waals surface area contributed by atoms with E-state index in [0.29, 0.717) is 0 Å². The van der Waals surface area contributed by atoms with Gasteiger partial charge < -0.3 is 5.73 Å². The minimum Gasteiger partial charge on any atom is -0.326 e. The molecule has 0 fully saturated rings. The van der Waals surface area contributed by atoms with Crippen molar-refractivity contribution in [1.29, 1.82) is 0 Å². The third-order valence-corrected chi connectivity index (χ3v) is 4.75. The van der Waals surface area contributed by atoms with Crippen molar-refractivity contribution in [3.63, 3.8) is 0 Å². The highest BCUT2D eigenvalue weighted by atomic mass is 32.2. The van der Waals surface area contributed by atoms with Crippen molar-refractivity contribution < 1.29 is 21.2 Å². The van der Waals surface area contributed by atoms with Crippen molar-refractivity contribution in [2.45, 2.75) is 6.54 Å². The van der Waals surface area contributed by atoms with E-state index in [-0.39, 0.29) is 17.8 Å². The van der Waals surface area contributed by atoms with Crippen LogP contribution < -0.4 is 10.5 Å². The molecule has 9 heteroatoms. The second-order valence-electron chi connectivity index (χ2n) is 4.06. The summed E-state index contributed by atoms with van der Waals surface area (Å²) in [5, 5.41) is 0. The molecule has 0 amide bonds. The Labute approximate surface area is 111 Å². The average Bonchev–Trinajstić information content (AvgIpc) is 2.28. The standard InChI is InChI=1S/C10H15FN2O4S2/c1-18(14,15)4-5-19(16,17)13-9-2-3-10(11)8(6-9)7-12/h2-3,6,13H,4-5,7,12H2,1H3. The molecule has 1 rings (SSSR count). The molecule has 0 aromatic heterocycles. The molecule has 0 aliphatic carbocycles. The molecular formula is C10H15FN2O4S2. The van der Waals surface area contributed by atoms with E-state index in [0.717, 1.165) is 12.3 Å². The van der Waals surface area contributed by atoms with Gasteiger partial charge in [-0.1, -0.05) is 0 Å². The Kier molecular flexibility index (Phi) is 4.88. The first kappa shape index (κ1) is 15.9. The van der Waals surface area contributed by atoms with Crippen molar-refractivity contribution in [3.05, 3.63) is 29.6 Å². The van der Waals surface area contributed by atoms with Crippen molar-refractivity contribution >= 4 is 25.5 Å². The minimum atomic E-state index is -3.80. The first-order valence-corrected chi connectivity index (χ1v) is 9.01. The lowest BCUT2D eigenvalue weighted by molar-refractivity contribution is 0.593. The number of hydrogen-bond donors (Lipinski definition) is 2. The van der Waals surface area contributed by atoms with Crippen LogP contribution in [0.1, 0.15) is 5.56 Å². The molecular weight excluding hydrogens is 295 g/mol. The third kappa shape index (κ3) is 5.53. The molecule has 19 heavy (non-hydrogen) atoms. The van der Waals surface area contributed by atoms with Crippen LogP contribution in [0.3, 0.4) is 0 Å². The SMILES string of the molecule is CS(=O)(=O)CCS(=O)(=O)Nc1ccc(F)c(CN)c1. The van der Waals surface area contributed by atoms with Gasteiger partial charge in [-0.3, -0.25) is 4.72 Å². The largest absolute Gasteiger partial charge is 0.326 e. The van der Waals surface area contributed by atoms with E-state index in [1.807, 2.05) is 0 Å². The number of nitrogens with one attached hydrogen (secondary N) is 1. The highest BCUT2D eigenvalue weighted by Gasteiger charge is 2.15. The first-order chi connectivity index (χ1) is 8.63. The van der Waals surface area contributed by atoms with Crippen LogP contribution in [0.2, 0.25) is 0 Å². The summed E-state index contributed by atoms with van der Waals surface area (Å²) in [6.45, 7) is -0.0647. The summed E-state index contributed by atoms with van der Waals surface area (Å²) in [5.74, 6) is -1.56. The van der Waals surface area contributed by atoms with Gasteiger partial charge in [-0.05, 0) is 18.2 Å². The number of rotatable bonds is 6. The molecule has 0 aliphatic rings. The van der Waals surface area contributed by atoms with Gasteiger partial charge in [0.05, 0.1) is 11.5 Å². The summed E-state index contributed by atoms with van der Waals surface area (Å²) < 4.78 is 60.4. The summed E-state index contributed by atoms with van der Waals surface area (Å²) in [4.78, 5) is 0. The summed E-state index contributed by atoms with van der Waals surface area (Å²) in [6.07, 6.45) is 0.951. The molecule has 0 spiro atoms. The second-order valence-corrected chi connectivity index (χ2v) is 8.16. The van der Waals surface area contributed by atoms with E-state index in [2.05, 4.69) is 4.72 Å². The maximum Gasteiger partial charge on any atom is 0.233 e. The summed E-state index contributed by atoms with van der Waals surface area (Å²) in [5.41, 5.74) is 5.62. The second kappa shape index (κ2) is 5.85. The predicted octanol–water partition coefficient (Wildman–Crippen LogP) is 0.0707. The van der Waals surface area contributed by atoms with Crippen LogP contribution in [0.4, 0.5) is 10.1 Å². The van der Waals surface area contributed by atoms with E-state index in [4.69, 9.17) is 5.73 Å². The van der Waals surface area contributed by atoms with Gasteiger partial charge in [0.1, 0.15) is 15.7 Å². The van der Waals surface area contributed by atoms with E-state index < -0.39 is 37.2 Å². The summed E-state index contributed by atoms with van der Waals surface area (Å²) in [6, 6.07) is 3.61. The zero-order valence-electron chi connectivity index (χ0n) is 10.3. The maximum atomic E-state index is 13.2. The number of sulfonamides is 1. The van der Waals surface area contributed by atoms with Crippen molar-refractivity contribution in [1.82, 2.24) is 0 Å². The Morgan fingerprint density at radius 2 is 1.84 bits per heavy atom. The Balaban J connectivity index is 2.84. The predicted molar refractivity (Wildman–Crippen MR) is 71.4 cm³/mol. The monoisotopic (exact) mass is 310 g/mol. The van der Waals surface area contributed by atoms with Gasteiger partial charge in [0.2, 0.25) is 10.0 Å². The molecule has 0 saturated carbocycles. The summed E-state index contributed by atoms with van der Waals surface area (Å²) in [7, 11) is -7.17. The Morgan fingerprint density at radius 3 is 2.37 bits per heavy atom. The van der Waals surface area contributed by atoms with Gasteiger partial charge in [-0.15, -0.1) is 0 Å². The first-order valence-electron chi connectivity index (χ1n) is 5.30. The fraction of sp³-hybridized carbons (Fsp3) is 0.400. The molecule has 0 bridgehead atoms. The van der Waals surface area contributed by atoms with Crippen LogP contribution in [0.15, 0.2) is 18.2 Å². The number of sulfone groups is 1. The lowest BCUT2D eigenvalue weighted by Crippen LogP contribution is -2.22. The topological polar surface area (TPSA) is 106 Å². The zero-order valence-corrected chi connectivity index (χ0v) is 11.9. The molecule has 0 atom stereocenters. The Bertz CT molecular complexity index is 656. The highest BCUT2D eigenvalue weighted by molar-refractivity contribution is 7.95. The zero-order chi connectivity index (χ0) is 14.7. The molecule has 6 nitrogen and oxygen atoms in total. The van der Waals surface area contributed by atoms with Crippen molar-refractivity contribution in [2.75, 3.05) is 22.5 Å². The lowest BCUT2D eigenvalue weighted by atomic mass is 10.2. The van der Waals surface area contributed by atoms with Crippen molar-refractivity contribution in [2.24, 2.45) is 5.73 Å². The van der Waals surface area contributed by atoms with Gasteiger partial charge in [0, 0.05) is 24.1 Å². The maximum absolute atomic E-state index is 13.2. The smallest absolute Gasteiger partial charge is 0.233 e. The number of benzene rings is 1. The fourth-order valence-electron chi connectivity index (χ4n) is 1.29. The van der Waals surface area contributed by atoms with Crippen LogP contribution in [-0.2, 0) is 26.4 Å². The Morgan fingerprint density at radius 1 is 1.21 bits per heavy atom. The van der Waals surface area contributed by atoms with Crippen LogP contribution in [0.5, 0.6) is 0 Å². The minimum absolute atomic E-state index is 0.0647. The summed E-state index contributed by atoms with van der Waals surface area (Å²) >= 11 is 0. The molecule has 3 N–H and O–H groups in total. The quantitative estimate of drug-likeness (QED) is 0.773. The van der Waals surface area contributed by atoms with Crippen LogP contribution >= 0.6 is 0 Å². The van der Waals surface area contributed by atoms with Crippen LogP contribution in [0, 0.1) is 5.82 Å². The lowest BCUT2D eigenvalue weighted by Gasteiger charge is -2.09. The fourth-order valence-corrected chi connectivity index (χ4v) is 3.96. The molecule has 0 aliphatic heterocycles. The van der Waals surface area contributed by atoms with E-state index in [9.17, 15) is 21.2 Å². The normalized spacial score (nSPS) is 12.4. The van der Waals surface area contributed by atoms with Crippen molar-refractivity contribution in [3.8, 4) is 0 Å². The van der Waals surface area contributed by atoms with E-state index in [1.54, 1.807) is 0 Å². The molecule has 0 saturated heterocycles. The molecule has 0 heterocycles. The van der Waals surface area contributed by atoms with Gasteiger partial charge in [0.25, 0.3) is 0 Å². The average molecular weight is 310 g/mol. The Hall–Kier alpha value is -1.19. The molecule has 0 radical (unpaired) electrons. The van der Waals surface area contributed by atoms with Gasteiger partial charge in [0.15, 0.2) is 0 Å². The number of nitrogens with two attached hydrogens (primary N) is 1. The molecule has 1 aromatic rings. The molecule has 0 unspecified atom stereocenters. The van der Waals surface area contributed by atoms with Crippen LogP contribution in [0.25, 0.3) is 0 Å². The molecule has 108 valence electrons.